The number of pyridine rings is 1. The van der Waals surface area contributed by atoms with Crippen LogP contribution in [0, 0.1) is 11.3 Å². The van der Waals surface area contributed by atoms with Crippen LogP contribution in [-0.4, -0.2) is 62.2 Å². The zero-order valence-electron chi connectivity index (χ0n) is 22.5. The van der Waals surface area contributed by atoms with Gasteiger partial charge in [0.15, 0.2) is 0 Å². The average molecular weight is 541 g/mol. The lowest BCUT2D eigenvalue weighted by atomic mass is 10.0. The number of fused-ring (bicyclic) bond motifs is 3. The van der Waals surface area contributed by atoms with Crippen molar-refractivity contribution in [2.24, 2.45) is 0 Å². The molecule has 5 heterocycles. The molecule has 0 atom stereocenters. The summed E-state index contributed by atoms with van der Waals surface area (Å²) >= 11 is 0. The zero-order valence-corrected chi connectivity index (χ0v) is 22.5. The lowest BCUT2D eigenvalue weighted by molar-refractivity contribution is 0.249. The first kappa shape index (κ1) is 24.9. The number of hydrogen-bond acceptors (Lipinski definition) is 8. The van der Waals surface area contributed by atoms with Crippen LogP contribution in [0.15, 0.2) is 85.3 Å². The molecule has 9 nitrogen and oxygen atoms in total. The molecule has 41 heavy (non-hydrogen) atoms. The fourth-order valence-corrected chi connectivity index (χ4v) is 5.63. The Bertz CT molecular complexity index is 1720. The van der Waals surface area contributed by atoms with Gasteiger partial charge in [0.25, 0.3) is 0 Å². The van der Waals surface area contributed by atoms with Crippen molar-refractivity contribution in [3.05, 3.63) is 96.7 Å². The molecule has 0 N–H and O–H groups in total. The van der Waals surface area contributed by atoms with Gasteiger partial charge in [0, 0.05) is 62.4 Å². The Hall–Kier alpha value is -5.07. The number of rotatable bonds is 5. The standard InChI is InChI=1S/C32H28N8O/c33-20-28-35-13-11-29(36-28)39-16-14-38(15-17-39)22-23-6-8-24(9-7-23)30-31(25-4-2-1-3-5-25)40-18-19-41-27-10-12-34-21-26(27)32(40)37-30/h1-13,21H,14-19,22H2. The molecule has 2 aliphatic heterocycles. The Morgan fingerprint density at radius 2 is 1.66 bits per heavy atom. The van der Waals surface area contributed by atoms with Gasteiger partial charge in [-0.15, -0.1) is 0 Å². The third kappa shape index (κ3) is 4.90. The molecule has 9 heteroatoms. The van der Waals surface area contributed by atoms with Gasteiger partial charge in [0.2, 0.25) is 5.82 Å². The first-order valence-electron chi connectivity index (χ1n) is 13.8. The van der Waals surface area contributed by atoms with Crippen LogP contribution < -0.4 is 9.64 Å². The van der Waals surface area contributed by atoms with Crippen LogP contribution in [0.3, 0.4) is 0 Å². The molecule has 7 rings (SSSR count). The van der Waals surface area contributed by atoms with Gasteiger partial charge in [0.1, 0.15) is 30.1 Å². The Morgan fingerprint density at radius 3 is 2.46 bits per heavy atom. The molecule has 0 amide bonds. The van der Waals surface area contributed by atoms with Crippen molar-refractivity contribution in [1.29, 1.82) is 5.26 Å². The van der Waals surface area contributed by atoms with Gasteiger partial charge >= 0.3 is 0 Å². The Morgan fingerprint density at radius 1 is 0.829 bits per heavy atom. The molecule has 5 aromatic rings. The highest BCUT2D eigenvalue weighted by atomic mass is 16.5. The molecule has 3 aromatic heterocycles. The Labute approximate surface area is 238 Å². The minimum absolute atomic E-state index is 0.212. The van der Waals surface area contributed by atoms with E-state index in [-0.39, 0.29) is 5.82 Å². The fourth-order valence-electron chi connectivity index (χ4n) is 5.63. The van der Waals surface area contributed by atoms with Crippen molar-refractivity contribution < 1.29 is 4.74 Å². The van der Waals surface area contributed by atoms with Gasteiger partial charge in [-0.25, -0.2) is 15.0 Å². The van der Waals surface area contributed by atoms with Crippen molar-refractivity contribution >= 4 is 5.82 Å². The molecule has 0 spiro atoms. The first-order chi connectivity index (χ1) is 20.3. The van der Waals surface area contributed by atoms with Crippen molar-refractivity contribution in [2.45, 2.75) is 13.1 Å². The Kier molecular flexibility index (Phi) is 6.59. The van der Waals surface area contributed by atoms with E-state index in [1.807, 2.05) is 30.5 Å². The number of aromatic nitrogens is 5. The van der Waals surface area contributed by atoms with Crippen LogP contribution in [0.2, 0.25) is 0 Å². The number of nitrogens with zero attached hydrogens (tertiary/aromatic N) is 8. The number of benzene rings is 2. The summed E-state index contributed by atoms with van der Waals surface area (Å²) in [5, 5.41) is 9.11. The van der Waals surface area contributed by atoms with Gasteiger partial charge < -0.3 is 14.2 Å². The molecule has 1 saturated heterocycles. The molecule has 0 aliphatic carbocycles. The van der Waals surface area contributed by atoms with E-state index in [2.05, 4.69) is 77.8 Å². The van der Waals surface area contributed by atoms with E-state index >= 15 is 0 Å². The molecule has 2 aliphatic rings. The van der Waals surface area contributed by atoms with Crippen LogP contribution in [0.1, 0.15) is 11.4 Å². The normalized spacial score (nSPS) is 14.9. The lowest BCUT2D eigenvalue weighted by Crippen LogP contribution is -2.46. The van der Waals surface area contributed by atoms with E-state index in [1.165, 1.54) is 5.56 Å². The monoisotopic (exact) mass is 540 g/mol. The molecular weight excluding hydrogens is 512 g/mol. The van der Waals surface area contributed by atoms with Crippen LogP contribution in [0.25, 0.3) is 33.9 Å². The maximum absolute atomic E-state index is 9.11. The molecule has 1 fully saturated rings. The number of nitriles is 1. The third-order valence-corrected chi connectivity index (χ3v) is 7.68. The number of imidazole rings is 1. The second-order valence-electron chi connectivity index (χ2n) is 10.2. The SMILES string of the molecule is N#Cc1nccc(N2CCN(Cc3ccc(-c4nc5n(c4-c4ccccc4)CCOc4ccncc4-5)cc3)CC2)n1. The summed E-state index contributed by atoms with van der Waals surface area (Å²) < 4.78 is 8.29. The number of anilines is 1. The van der Waals surface area contributed by atoms with Crippen molar-refractivity contribution in [3.8, 4) is 45.7 Å². The fraction of sp³-hybridized carbons (Fsp3) is 0.219. The van der Waals surface area contributed by atoms with Gasteiger partial charge in [-0.3, -0.25) is 9.88 Å². The molecule has 202 valence electrons. The van der Waals surface area contributed by atoms with Crippen LogP contribution >= 0.6 is 0 Å². The van der Waals surface area contributed by atoms with E-state index in [0.29, 0.717) is 13.2 Å². The molecule has 0 saturated carbocycles. The highest BCUT2D eigenvalue weighted by Crippen LogP contribution is 2.40. The largest absolute Gasteiger partial charge is 0.491 e. The van der Waals surface area contributed by atoms with E-state index in [4.69, 9.17) is 15.0 Å². The summed E-state index contributed by atoms with van der Waals surface area (Å²) in [6.07, 6.45) is 5.25. The summed E-state index contributed by atoms with van der Waals surface area (Å²) in [5.41, 5.74) is 6.44. The highest BCUT2D eigenvalue weighted by Gasteiger charge is 2.25. The quantitative estimate of drug-likeness (QED) is 0.318. The van der Waals surface area contributed by atoms with Crippen molar-refractivity contribution in [3.63, 3.8) is 0 Å². The van der Waals surface area contributed by atoms with E-state index in [9.17, 15) is 0 Å². The number of piperazine rings is 1. The van der Waals surface area contributed by atoms with Gasteiger partial charge in [-0.2, -0.15) is 5.26 Å². The van der Waals surface area contributed by atoms with Gasteiger partial charge in [-0.1, -0.05) is 54.6 Å². The molecule has 0 unspecified atom stereocenters. The Balaban J connectivity index is 1.13. The summed E-state index contributed by atoms with van der Waals surface area (Å²) in [5.74, 6) is 2.73. The molecule has 0 bridgehead atoms. The minimum Gasteiger partial charge on any atom is -0.491 e. The summed E-state index contributed by atoms with van der Waals surface area (Å²) in [4.78, 5) is 22.6. The maximum Gasteiger partial charge on any atom is 0.234 e. The summed E-state index contributed by atoms with van der Waals surface area (Å²) in [6.45, 7) is 5.73. The van der Waals surface area contributed by atoms with Gasteiger partial charge in [0.05, 0.1) is 23.5 Å². The van der Waals surface area contributed by atoms with E-state index in [1.54, 1.807) is 12.4 Å². The average Bonchev–Trinajstić information content (AvgIpc) is 3.32. The smallest absolute Gasteiger partial charge is 0.234 e. The lowest BCUT2D eigenvalue weighted by Gasteiger charge is -2.35. The summed E-state index contributed by atoms with van der Waals surface area (Å²) in [7, 11) is 0. The second kappa shape index (κ2) is 10.8. The number of ether oxygens (including phenoxy) is 1. The first-order valence-corrected chi connectivity index (χ1v) is 13.8. The third-order valence-electron chi connectivity index (χ3n) is 7.68. The number of hydrogen-bond donors (Lipinski definition) is 0. The van der Waals surface area contributed by atoms with Crippen LogP contribution in [-0.2, 0) is 13.1 Å². The zero-order chi connectivity index (χ0) is 27.6. The predicted octanol–water partition coefficient (Wildman–Crippen LogP) is 4.66. The maximum atomic E-state index is 9.11. The van der Waals surface area contributed by atoms with Crippen molar-refractivity contribution in [1.82, 2.24) is 29.4 Å². The van der Waals surface area contributed by atoms with Crippen LogP contribution in [0.5, 0.6) is 5.75 Å². The highest BCUT2D eigenvalue weighted by molar-refractivity contribution is 5.83. The second-order valence-corrected chi connectivity index (χ2v) is 10.2. The molecular formula is C32H28N8O. The van der Waals surface area contributed by atoms with E-state index < -0.39 is 0 Å². The summed E-state index contributed by atoms with van der Waals surface area (Å²) in [6, 6.07) is 25.1. The topological polar surface area (TPSA) is 96.0 Å². The minimum atomic E-state index is 0.212. The van der Waals surface area contributed by atoms with E-state index in [0.717, 1.165) is 78.2 Å². The molecule has 0 radical (unpaired) electrons. The predicted molar refractivity (Wildman–Crippen MR) is 156 cm³/mol. The van der Waals surface area contributed by atoms with Crippen LogP contribution in [0.4, 0.5) is 5.82 Å². The molecule has 2 aromatic carbocycles. The van der Waals surface area contributed by atoms with Gasteiger partial charge in [-0.05, 0) is 17.7 Å². The van der Waals surface area contributed by atoms with Crippen molar-refractivity contribution in [2.75, 3.05) is 37.7 Å².